The van der Waals surface area contributed by atoms with Gasteiger partial charge in [0.25, 0.3) is 0 Å². The van der Waals surface area contributed by atoms with Crippen molar-refractivity contribution in [3.05, 3.63) is 35.9 Å². The Bertz CT molecular complexity index is 414. The van der Waals surface area contributed by atoms with Crippen LogP contribution in [0.25, 0.3) is 0 Å². The Hall–Kier alpha value is -0.940. The lowest BCUT2D eigenvalue weighted by Gasteiger charge is -2.45. The van der Waals surface area contributed by atoms with Gasteiger partial charge in [-0.1, -0.05) is 30.3 Å². The minimum atomic E-state index is 0.145. The highest BCUT2D eigenvalue weighted by atomic mass is 16.5. The quantitative estimate of drug-likeness (QED) is 0.772. The SMILES string of the molecule is COCCN1[C@H](C)CN(C[C@@H](OC)c2ccccc2)C[C@H]1C. The second-order valence-corrected chi connectivity index (χ2v) is 6.28. The third-order valence-electron chi connectivity index (χ3n) is 4.61. The Morgan fingerprint density at radius 2 is 1.73 bits per heavy atom. The van der Waals surface area contributed by atoms with Crippen molar-refractivity contribution in [3.8, 4) is 0 Å². The molecule has 124 valence electrons. The van der Waals surface area contributed by atoms with Crippen molar-refractivity contribution in [1.82, 2.24) is 9.80 Å². The van der Waals surface area contributed by atoms with Crippen molar-refractivity contribution < 1.29 is 9.47 Å². The Balaban J connectivity index is 1.94. The summed E-state index contributed by atoms with van der Waals surface area (Å²) in [5, 5.41) is 0. The van der Waals surface area contributed by atoms with Crippen molar-refractivity contribution in [2.45, 2.75) is 32.0 Å². The van der Waals surface area contributed by atoms with Crippen molar-refractivity contribution in [2.75, 3.05) is 47.0 Å². The monoisotopic (exact) mass is 306 g/mol. The van der Waals surface area contributed by atoms with E-state index < -0.39 is 0 Å². The maximum atomic E-state index is 5.73. The highest BCUT2D eigenvalue weighted by molar-refractivity contribution is 5.18. The number of rotatable bonds is 7. The molecule has 0 radical (unpaired) electrons. The Kier molecular flexibility index (Phi) is 6.83. The largest absolute Gasteiger partial charge is 0.383 e. The van der Waals surface area contributed by atoms with Crippen LogP contribution in [0.15, 0.2) is 30.3 Å². The van der Waals surface area contributed by atoms with Crippen LogP contribution in [-0.2, 0) is 9.47 Å². The van der Waals surface area contributed by atoms with Gasteiger partial charge >= 0.3 is 0 Å². The fraction of sp³-hybridized carbons (Fsp3) is 0.667. The first-order valence-electron chi connectivity index (χ1n) is 8.20. The summed E-state index contributed by atoms with van der Waals surface area (Å²) in [6, 6.07) is 11.6. The second kappa shape index (κ2) is 8.63. The number of methoxy groups -OCH3 is 2. The first-order valence-corrected chi connectivity index (χ1v) is 8.20. The van der Waals surface area contributed by atoms with Gasteiger partial charge in [-0.3, -0.25) is 9.80 Å². The maximum Gasteiger partial charge on any atom is 0.0947 e. The third-order valence-corrected chi connectivity index (χ3v) is 4.61. The summed E-state index contributed by atoms with van der Waals surface area (Å²) in [5.41, 5.74) is 1.26. The minimum absolute atomic E-state index is 0.145. The minimum Gasteiger partial charge on any atom is -0.383 e. The van der Waals surface area contributed by atoms with Crippen molar-refractivity contribution >= 4 is 0 Å². The van der Waals surface area contributed by atoms with E-state index in [-0.39, 0.29) is 6.10 Å². The molecule has 1 heterocycles. The lowest BCUT2D eigenvalue weighted by molar-refractivity contribution is -0.00730. The summed E-state index contributed by atoms with van der Waals surface area (Å²) in [4.78, 5) is 5.07. The van der Waals surface area contributed by atoms with E-state index in [1.165, 1.54) is 5.56 Å². The van der Waals surface area contributed by atoms with E-state index in [1.807, 2.05) is 0 Å². The maximum absolute atomic E-state index is 5.73. The van der Waals surface area contributed by atoms with E-state index in [0.717, 1.165) is 32.8 Å². The summed E-state index contributed by atoms with van der Waals surface area (Å²) >= 11 is 0. The van der Waals surface area contributed by atoms with Gasteiger partial charge < -0.3 is 9.47 Å². The highest BCUT2D eigenvalue weighted by Crippen LogP contribution is 2.21. The third kappa shape index (κ3) is 4.53. The summed E-state index contributed by atoms with van der Waals surface area (Å²) in [6.45, 7) is 9.55. The summed E-state index contributed by atoms with van der Waals surface area (Å²) < 4.78 is 11.0. The van der Waals surface area contributed by atoms with Crippen molar-refractivity contribution in [1.29, 1.82) is 0 Å². The zero-order valence-electron chi connectivity index (χ0n) is 14.4. The molecule has 0 aliphatic carbocycles. The van der Waals surface area contributed by atoms with Crippen LogP contribution in [-0.4, -0.2) is 68.9 Å². The Labute approximate surface area is 135 Å². The number of ether oxygens (including phenoxy) is 2. The van der Waals surface area contributed by atoms with Gasteiger partial charge in [-0.05, 0) is 19.4 Å². The van der Waals surface area contributed by atoms with E-state index in [1.54, 1.807) is 14.2 Å². The number of hydrogen-bond donors (Lipinski definition) is 0. The second-order valence-electron chi connectivity index (χ2n) is 6.28. The van der Waals surface area contributed by atoms with E-state index in [2.05, 4.69) is 54.0 Å². The van der Waals surface area contributed by atoms with Crippen LogP contribution in [0.3, 0.4) is 0 Å². The molecular weight excluding hydrogens is 276 g/mol. The fourth-order valence-corrected chi connectivity index (χ4v) is 3.47. The molecule has 1 fully saturated rings. The molecule has 0 amide bonds. The van der Waals surface area contributed by atoms with Gasteiger partial charge in [0.05, 0.1) is 12.7 Å². The average Bonchev–Trinajstić information content (AvgIpc) is 2.53. The van der Waals surface area contributed by atoms with Crippen molar-refractivity contribution in [3.63, 3.8) is 0 Å². The predicted octanol–water partition coefficient (Wildman–Crippen LogP) is 2.42. The molecule has 1 aliphatic rings. The van der Waals surface area contributed by atoms with Crippen LogP contribution in [0.2, 0.25) is 0 Å². The molecule has 2 rings (SSSR count). The van der Waals surface area contributed by atoms with Crippen LogP contribution < -0.4 is 0 Å². The molecule has 0 saturated carbocycles. The van der Waals surface area contributed by atoms with Gasteiger partial charge in [-0.2, -0.15) is 0 Å². The van der Waals surface area contributed by atoms with E-state index in [9.17, 15) is 0 Å². The number of hydrogen-bond acceptors (Lipinski definition) is 4. The topological polar surface area (TPSA) is 24.9 Å². The number of nitrogens with zero attached hydrogens (tertiary/aromatic N) is 2. The molecule has 0 N–H and O–H groups in total. The van der Waals surface area contributed by atoms with Gasteiger partial charge in [0.2, 0.25) is 0 Å². The standard InChI is InChI=1S/C18H30N2O2/c1-15-12-19(13-16(2)20(15)10-11-21-3)14-18(22-4)17-8-6-5-7-9-17/h5-9,15-16,18H,10-14H2,1-4H3/t15-,16-,18-/m1/s1. The molecule has 4 nitrogen and oxygen atoms in total. The van der Waals surface area contributed by atoms with Crippen molar-refractivity contribution in [2.24, 2.45) is 0 Å². The summed E-state index contributed by atoms with van der Waals surface area (Å²) in [7, 11) is 3.58. The molecule has 0 aromatic heterocycles. The zero-order chi connectivity index (χ0) is 15.9. The van der Waals surface area contributed by atoms with Gasteiger partial charge in [-0.25, -0.2) is 0 Å². The molecule has 1 aromatic carbocycles. The van der Waals surface area contributed by atoms with Gasteiger partial charge in [-0.15, -0.1) is 0 Å². The molecule has 0 unspecified atom stereocenters. The van der Waals surface area contributed by atoms with Crippen LogP contribution in [0.1, 0.15) is 25.5 Å². The van der Waals surface area contributed by atoms with Crippen LogP contribution in [0, 0.1) is 0 Å². The zero-order valence-corrected chi connectivity index (χ0v) is 14.4. The van der Waals surface area contributed by atoms with Crippen LogP contribution in [0.5, 0.6) is 0 Å². The summed E-state index contributed by atoms with van der Waals surface area (Å²) in [5.74, 6) is 0. The molecule has 0 bridgehead atoms. The van der Waals surface area contributed by atoms with Gasteiger partial charge in [0, 0.05) is 52.5 Å². The molecule has 1 aliphatic heterocycles. The Morgan fingerprint density at radius 3 is 2.27 bits per heavy atom. The number of benzene rings is 1. The van der Waals surface area contributed by atoms with E-state index in [4.69, 9.17) is 9.47 Å². The normalized spacial score (nSPS) is 25.3. The first kappa shape index (κ1) is 17.4. The molecule has 4 heteroatoms. The molecule has 3 atom stereocenters. The smallest absolute Gasteiger partial charge is 0.0947 e. The van der Waals surface area contributed by atoms with E-state index in [0.29, 0.717) is 12.1 Å². The van der Waals surface area contributed by atoms with Crippen LogP contribution >= 0.6 is 0 Å². The molecule has 1 aromatic rings. The summed E-state index contributed by atoms with van der Waals surface area (Å²) in [6.07, 6.45) is 0.145. The average molecular weight is 306 g/mol. The van der Waals surface area contributed by atoms with Gasteiger partial charge in [0.15, 0.2) is 0 Å². The predicted molar refractivity (Wildman–Crippen MR) is 90.1 cm³/mol. The van der Waals surface area contributed by atoms with Crippen LogP contribution in [0.4, 0.5) is 0 Å². The van der Waals surface area contributed by atoms with E-state index >= 15 is 0 Å². The molecule has 1 saturated heterocycles. The van der Waals surface area contributed by atoms with Gasteiger partial charge in [0.1, 0.15) is 0 Å². The fourth-order valence-electron chi connectivity index (χ4n) is 3.47. The lowest BCUT2D eigenvalue weighted by atomic mass is 10.0. The molecular formula is C18H30N2O2. The highest BCUT2D eigenvalue weighted by Gasteiger charge is 2.30. The molecule has 22 heavy (non-hydrogen) atoms. The lowest BCUT2D eigenvalue weighted by Crippen LogP contribution is -2.57. The first-order chi connectivity index (χ1) is 10.7. The Morgan fingerprint density at radius 1 is 1.09 bits per heavy atom. The molecule has 0 spiro atoms. The number of piperazine rings is 1.